The van der Waals surface area contributed by atoms with Gasteiger partial charge >= 0.3 is 0 Å². The van der Waals surface area contributed by atoms with Crippen molar-refractivity contribution in [2.45, 2.75) is 38.3 Å². The molecule has 0 spiro atoms. The van der Waals surface area contributed by atoms with Gasteiger partial charge in [-0.25, -0.2) is 8.42 Å². The lowest BCUT2D eigenvalue weighted by Gasteiger charge is -2.35. The highest BCUT2D eigenvalue weighted by molar-refractivity contribution is 7.92. The Bertz CT molecular complexity index is 552. The van der Waals surface area contributed by atoms with E-state index in [4.69, 9.17) is 0 Å². The molecule has 1 aromatic rings. The van der Waals surface area contributed by atoms with Crippen molar-refractivity contribution in [2.75, 3.05) is 6.54 Å². The summed E-state index contributed by atoms with van der Waals surface area (Å²) in [6.45, 7) is 2.14. The Balaban J connectivity index is 2.18. The van der Waals surface area contributed by atoms with Gasteiger partial charge in [0.25, 0.3) is 0 Å². The first-order valence-corrected chi connectivity index (χ1v) is 8.44. The highest BCUT2D eigenvalue weighted by Gasteiger charge is 2.33. The molecule has 0 aromatic heterocycles. The highest BCUT2D eigenvalue weighted by atomic mass is 32.2. The molecule has 4 nitrogen and oxygen atoms in total. The van der Waals surface area contributed by atoms with Gasteiger partial charge in [-0.15, -0.1) is 0 Å². The molecular formula is C15H21NO3S. The highest BCUT2D eigenvalue weighted by Crippen LogP contribution is 2.24. The van der Waals surface area contributed by atoms with Gasteiger partial charge in [-0.1, -0.05) is 36.8 Å². The van der Waals surface area contributed by atoms with E-state index >= 15 is 0 Å². The van der Waals surface area contributed by atoms with E-state index in [1.807, 2.05) is 30.3 Å². The van der Waals surface area contributed by atoms with Crippen LogP contribution in [0.25, 0.3) is 6.08 Å². The number of rotatable bonds is 4. The third kappa shape index (κ3) is 3.69. The molecule has 1 aliphatic heterocycles. The molecule has 0 saturated carbocycles. The molecular weight excluding hydrogens is 274 g/mol. The molecule has 1 saturated heterocycles. The molecule has 2 unspecified atom stereocenters. The smallest absolute Gasteiger partial charge is 0.236 e. The Morgan fingerprint density at radius 3 is 2.65 bits per heavy atom. The van der Waals surface area contributed by atoms with Crippen molar-refractivity contribution in [2.24, 2.45) is 0 Å². The SMILES string of the molecule is CC(O)C1CCCCN1S(=O)(=O)/C=C/c1ccccc1. The maximum Gasteiger partial charge on any atom is 0.236 e. The van der Waals surface area contributed by atoms with Crippen LogP contribution in [0.1, 0.15) is 31.7 Å². The molecule has 1 heterocycles. The molecule has 0 bridgehead atoms. The van der Waals surface area contributed by atoms with E-state index in [1.165, 1.54) is 9.71 Å². The minimum atomic E-state index is -3.48. The van der Waals surface area contributed by atoms with E-state index in [-0.39, 0.29) is 6.04 Å². The first-order chi connectivity index (χ1) is 9.50. The van der Waals surface area contributed by atoms with Gasteiger partial charge in [0.1, 0.15) is 0 Å². The number of sulfonamides is 1. The number of aliphatic hydroxyl groups excluding tert-OH is 1. The van der Waals surface area contributed by atoms with Crippen molar-refractivity contribution >= 4 is 16.1 Å². The second-order valence-corrected chi connectivity index (χ2v) is 6.94. The number of piperidine rings is 1. The Hall–Kier alpha value is -1.17. The van der Waals surface area contributed by atoms with Gasteiger partial charge in [0.05, 0.1) is 12.1 Å². The van der Waals surface area contributed by atoms with Crippen LogP contribution in [0, 0.1) is 0 Å². The topological polar surface area (TPSA) is 57.6 Å². The van der Waals surface area contributed by atoms with Crippen molar-refractivity contribution in [3.63, 3.8) is 0 Å². The monoisotopic (exact) mass is 295 g/mol. The van der Waals surface area contributed by atoms with Crippen molar-refractivity contribution in [1.29, 1.82) is 0 Å². The minimum absolute atomic E-state index is 0.311. The number of aliphatic hydroxyl groups is 1. The van der Waals surface area contributed by atoms with Crippen molar-refractivity contribution in [3.8, 4) is 0 Å². The molecule has 1 fully saturated rings. The third-order valence-electron chi connectivity index (χ3n) is 3.61. The minimum Gasteiger partial charge on any atom is -0.392 e. The number of nitrogens with zero attached hydrogens (tertiary/aromatic N) is 1. The fourth-order valence-electron chi connectivity index (χ4n) is 2.54. The van der Waals surface area contributed by atoms with Crippen molar-refractivity contribution in [1.82, 2.24) is 4.31 Å². The van der Waals surface area contributed by atoms with Crippen molar-refractivity contribution < 1.29 is 13.5 Å². The molecule has 2 atom stereocenters. The van der Waals surface area contributed by atoms with Crippen LogP contribution in [-0.2, 0) is 10.0 Å². The van der Waals surface area contributed by atoms with Gasteiger partial charge in [0, 0.05) is 12.0 Å². The third-order valence-corrected chi connectivity index (χ3v) is 5.20. The molecule has 0 amide bonds. The summed E-state index contributed by atoms with van der Waals surface area (Å²) in [5.41, 5.74) is 0.849. The summed E-state index contributed by atoms with van der Waals surface area (Å²) < 4.78 is 26.2. The Morgan fingerprint density at radius 1 is 1.30 bits per heavy atom. The first kappa shape index (κ1) is 15.2. The zero-order chi connectivity index (χ0) is 14.6. The summed E-state index contributed by atoms with van der Waals surface area (Å²) in [4.78, 5) is 0. The molecule has 0 radical (unpaired) electrons. The summed E-state index contributed by atoms with van der Waals surface area (Å²) in [6.07, 6.45) is 3.49. The summed E-state index contributed by atoms with van der Waals surface area (Å²) in [7, 11) is -3.48. The normalized spacial score (nSPS) is 23.0. The van der Waals surface area contributed by atoms with Crippen LogP contribution in [0.4, 0.5) is 0 Å². The van der Waals surface area contributed by atoms with Crippen LogP contribution in [0.3, 0.4) is 0 Å². The van der Waals surface area contributed by atoms with Crippen LogP contribution >= 0.6 is 0 Å². The summed E-state index contributed by atoms with van der Waals surface area (Å²) in [6, 6.07) is 9.02. The molecule has 110 valence electrons. The average Bonchev–Trinajstić information content (AvgIpc) is 2.46. The van der Waals surface area contributed by atoms with E-state index in [0.29, 0.717) is 6.54 Å². The fourth-order valence-corrected chi connectivity index (χ4v) is 4.06. The predicted octanol–water partition coefficient (Wildman–Crippen LogP) is 2.22. The fraction of sp³-hybridized carbons (Fsp3) is 0.467. The zero-order valence-corrected chi connectivity index (χ0v) is 12.5. The standard InChI is InChI=1S/C15H21NO3S/c1-13(17)15-9-5-6-11-16(15)20(18,19)12-10-14-7-3-2-4-8-14/h2-4,7-8,10,12-13,15,17H,5-6,9,11H2,1H3/b12-10+. The second kappa shape index (κ2) is 6.52. The molecule has 1 N–H and O–H groups in total. The molecule has 5 heteroatoms. The number of hydrogen-bond acceptors (Lipinski definition) is 3. The van der Waals surface area contributed by atoms with Gasteiger partial charge in [0.2, 0.25) is 10.0 Å². The maximum absolute atomic E-state index is 12.4. The quantitative estimate of drug-likeness (QED) is 0.926. The summed E-state index contributed by atoms with van der Waals surface area (Å²) in [5, 5.41) is 11.0. The van der Waals surface area contributed by atoms with Gasteiger partial charge in [-0.05, 0) is 31.4 Å². The lowest BCUT2D eigenvalue weighted by molar-refractivity contribution is 0.0838. The molecule has 1 aliphatic rings. The van der Waals surface area contributed by atoms with Gasteiger partial charge < -0.3 is 5.11 Å². The molecule has 20 heavy (non-hydrogen) atoms. The first-order valence-electron chi connectivity index (χ1n) is 6.94. The Labute approximate surface area is 120 Å². The van der Waals surface area contributed by atoms with E-state index < -0.39 is 16.1 Å². The van der Waals surface area contributed by atoms with Gasteiger partial charge in [-0.2, -0.15) is 4.31 Å². The van der Waals surface area contributed by atoms with Crippen LogP contribution in [0.2, 0.25) is 0 Å². The van der Waals surface area contributed by atoms with Gasteiger partial charge in [-0.3, -0.25) is 0 Å². The molecule has 0 aliphatic carbocycles. The Morgan fingerprint density at radius 2 is 2.00 bits per heavy atom. The van der Waals surface area contributed by atoms with Gasteiger partial charge in [0.15, 0.2) is 0 Å². The molecule has 1 aromatic carbocycles. The summed E-state index contributed by atoms with van der Waals surface area (Å²) in [5.74, 6) is 0. The largest absolute Gasteiger partial charge is 0.392 e. The number of benzene rings is 1. The van der Waals surface area contributed by atoms with Crippen LogP contribution in [-0.4, -0.2) is 36.5 Å². The molecule has 2 rings (SSSR count). The maximum atomic E-state index is 12.4. The van der Waals surface area contributed by atoms with Crippen LogP contribution in [0.5, 0.6) is 0 Å². The Kier molecular flexibility index (Phi) is 4.96. The van der Waals surface area contributed by atoms with E-state index in [1.54, 1.807) is 13.0 Å². The predicted molar refractivity (Wildman–Crippen MR) is 80.4 cm³/mol. The second-order valence-electron chi connectivity index (χ2n) is 5.17. The van der Waals surface area contributed by atoms with E-state index in [2.05, 4.69) is 0 Å². The van der Waals surface area contributed by atoms with E-state index in [0.717, 1.165) is 24.8 Å². The van der Waals surface area contributed by atoms with E-state index in [9.17, 15) is 13.5 Å². The zero-order valence-electron chi connectivity index (χ0n) is 11.6. The number of hydrogen-bond donors (Lipinski definition) is 1. The summed E-state index contributed by atoms with van der Waals surface area (Å²) >= 11 is 0. The van der Waals surface area contributed by atoms with Crippen LogP contribution < -0.4 is 0 Å². The van der Waals surface area contributed by atoms with Crippen LogP contribution in [0.15, 0.2) is 35.7 Å². The average molecular weight is 295 g/mol. The lowest BCUT2D eigenvalue weighted by Crippen LogP contribution is -2.48. The van der Waals surface area contributed by atoms with Crippen molar-refractivity contribution in [3.05, 3.63) is 41.3 Å². The lowest BCUT2D eigenvalue weighted by atomic mass is 10.0.